The summed E-state index contributed by atoms with van der Waals surface area (Å²) >= 11 is 0. The van der Waals surface area contributed by atoms with E-state index >= 15 is 0 Å². The first kappa shape index (κ1) is 21.7. The van der Waals surface area contributed by atoms with Crippen molar-refractivity contribution >= 4 is 5.97 Å². The normalized spacial score (nSPS) is 17.2. The van der Waals surface area contributed by atoms with Gasteiger partial charge in [-0.2, -0.15) is 0 Å². The van der Waals surface area contributed by atoms with Crippen LogP contribution < -0.4 is 0 Å². The van der Waals surface area contributed by atoms with Gasteiger partial charge in [-0.05, 0) is 56.8 Å². The SMILES string of the molecule is C=CC(C)=CC(=C)C(C)CCC(C)C(C)CCC(CC)C(=O)O. The largest absolute Gasteiger partial charge is 0.481 e. The van der Waals surface area contributed by atoms with E-state index in [9.17, 15) is 4.79 Å². The number of carbonyl (C=O) groups is 1. The Morgan fingerprint density at radius 2 is 1.61 bits per heavy atom. The Kier molecular flexibility index (Phi) is 10.6. The highest BCUT2D eigenvalue weighted by atomic mass is 16.4. The average Bonchev–Trinajstić information content (AvgIpc) is 2.51. The lowest BCUT2D eigenvalue weighted by Gasteiger charge is -2.23. The number of carboxylic acid groups (broad SMARTS) is 1. The lowest BCUT2D eigenvalue weighted by molar-refractivity contribution is -0.142. The summed E-state index contributed by atoms with van der Waals surface area (Å²) in [7, 11) is 0. The van der Waals surface area contributed by atoms with Gasteiger partial charge in [0.2, 0.25) is 0 Å². The maximum Gasteiger partial charge on any atom is 0.306 e. The van der Waals surface area contributed by atoms with E-state index in [1.807, 2.05) is 19.9 Å². The van der Waals surface area contributed by atoms with Crippen LogP contribution in [0.2, 0.25) is 0 Å². The van der Waals surface area contributed by atoms with E-state index in [0.29, 0.717) is 17.8 Å². The van der Waals surface area contributed by atoms with Gasteiger partial charge in [0.25, 0.3) is 0 Å². The molecule has 0 saturated carbocycles. The number of carboxylic acids is 1. The Morgan fingerprint density at radius 1 is 1.09 bits per heavy atom. The molecule has 1 N–H and O–H groups in total. The molecule has 23 heavy (non-hydrogen) atoms. The Labute approximate surface area is 143 Å². The van der Waals surface area contributed by atoms with Crippen LogP contribution in [-0.2, 0) is 4.79 Å². The molecule has 0 rings (SSSR count). The molecular weight excluding hydrogens is 284 g/mol. The van der Waals surface area contributed by atoms with Crippen LogP contribution in [0.1, 0.15) is 66.7 Å². The van der Waals surface area contributed by atoms with Gasteiger partial charge in [-0.25, -0.2) is 0 Å². The Morgan fingerprint density at radius 3 is 2.04 bits per heavy atom. The molecule has 0 saturated heterocycles. The van der Waals surface area contributed by atoms with E-state index in [-0.39, 0.29) is 5.92 Å². The van der Waals surface area contributed by atoms with Crippen molar-refractivity contribution in [2.45, 2.75) is 66.7 Å². The molecule has 2 nitrogen and oxygen atoms in total. The van der Waals surface area contributed by atoms with Crippen LogP contribution in [0.25, 0.3) is 0 Å². The predicted molar refractivity (Wildman–Crippen MR) is 100 cm³/mol. The lowest BCUT2D eigenvalue weighted by Crippen LogP contribution is -2.16. The van der Waals surface area contributed by atoms with Crippen LogP contribution in [0.5, 0.6) is 0 Å². The minimum atomic E-state index is -0.651. The molecule has 132 valence electrons. The third-order valence-electron chi connectivity index (χ3n) is 5.21. The van der Waals surface area contributed by atoms with Crippen molar-refractivity contribution in [3.8, 4) is 0 Å². The van der Waals surface area contributed by atoms with Gasteiger partial charge in [0.15, 0.2) is 0 Å². The number of hydrogen-bond donors (Lipinski definition) is 1. The van der Waals surface area contributed by atoms with Gasteiger partial charge in [-0.3, -0.25) is 4.79 Å². The summed E-state index contributed by atoms with van der Waals surface area (Å²) < 4.78 is 0. The Bertz CT molecular complexity index is 420. The summed E-state index contributed by atoms with van der Waals surface area (Å²) in [6.07, 6.45) is 8.77. The second-order valence-corrected chi connectivity index (χ2v) is 7.12. The van der Waals surface area contributed by atoms with Crippen molar-refractivity contribution in [2.75, 3.05) is 0 Å². The molecule has 0 bridgehead atoms. The van der Waals surface area contributed by atoms with Gasteiger partial charge in [-0.1, -0.05) is 64.2 Å². The molecule has 0 aromatic rings. The van der Waals surface area contributed by atoms with E-state index in [2.05, 4.69) is 40.0 Å². The molecule has 4 atom stereocenters. The fourth-order valence-electron chi connectivity index (χ4n) is 2.73. The van der Waals surface area contributed by atoms with Crippen LogP contribution in [0.15, 0.2) is 36.5 Å². The number of rotatable bonds is 12. The minimum absolute atomic E-state index is 0.185. The van der Waals surface area contributed by atoms with Crippen molar-refractivity contribution in [1.82, 2.24) is 0 Å². The van der Waals surface area contributed by atoms with Gasteiger partial charge in [0, 0.05) is 0 Å². The number of hydrogen-bond acceptors (Lipinski definition) is 1. The first-order valence-electron chi connectivity index (χ1n) is 8.95. The summed E-state index contributed by atoms with van der Waals surface area (Å²) in [4.78, 5) is 11.1. The van der Waals surface area contributed by atoms with E-state index in [4.69, 9.17) is 5.11 Å². The third kappa shape index (κ3) is 8.78. The van der Waals surface area contributed by atoms with Crippen LogP contribution >= 0.6 is 0 Å². The monoisotopic (exact) mass is 320 g/mol. The number of allylic oxidation sites excluding steroid dienone is 4. The van der Waals surface area contributed by atoms with Crippen LogP contribution in [0.4, 0.5) is 0 Å². The molecule has 0 aromatic heterocycles. The van der Waals surface area contributed by atoms with Crippen molar-refractivity contribution in [1.29, 1.82) is 0 Å². The Hall–Kier alpha value is -1.31. The summed E-state index contributed by atoms with van der Waals surface area (Å²) in [5.41, 5.74) is 2.32. The molecule has 0 aromatic carbocycles. The van der Waals surface area contributed by atoms with Crippen molar-refractivity contribution in [3.63, 3.8) is 0 Å². The van der Waals surface area contributed by atoms with Gasteiger partial charge in [0.1, 0.15) is 0 Å². The average molecular weight is 321 g/mol. The fraction of sp³-hybridized carbons (Fsp3) is 0.667. The fourth-order valence-corrected chi connectivity index (χ4v) is 2.73. The maximum absolute atomic E-state index is 11.1. The van der Waals surface area contributed by atoms with Crippen LogP contribution in [0.3, 0.4) is 0 Å². The molecule has 0 fully saturated rings. The smallest absolute Gasteiger partial charge is 0.306 e. The molecule has 0 aliphatic carbocycles. The van der Waals surface area contributed by atoms with Crippen LogP contribution in [-0.4, -0.2) is 11.1 Å². The van der Waals surface area contributed by atoms with Gasteiger partial charge >= 0.3 is 5.97 Å². The minimum Gasteiger partial charge on any atom is -0.481 e. The zero-order valence-corrected chi connectivity index (χ0v) is 15.8. The molecule has 0 radical (unpaired) electrons. The van der Waals surface area contributed by atoms with Gasteiger partial charge in [0.05, 0.1) is 5.92 Å². The van der Waals surface area contributed by atoms with Gasteiger partial charge < -0.3 is 5.11 Å². The van der Waals surface area contributed by atoms with Crippen molar-refractivity contribution in [3.05, 3.63) is 36.5 Å². The summed E-state index contributed by atoms with van der Waals surface area (Å²) in [6, 6.07) is 0. The highest BCUT2D eigenvalue weighted by Crippen LogP contribution is 2.28. The summed E-state index contributed by atoms with van der Waals surface area (Å²) in [6.45, 7) is 18.7. The molecule has 2 heteroatoms. The number of aliphatic carboxylic acids is 1. The quantitative estimate of drug-likeness (QED) is 0.431. The van der Waals surface area contributed by atoms with Crippen molar-refractivity contribution in [2.24, 2.45) is 23.7 Å². The highest BCUT2D eigenvalue weighted by Gasteiger charge is 2.19. The summed E-state index contributed by atoms with van der Waals surface area (Å²) in [5, 5.41) is 9.13. The summed E-state index contributed by atoms with van der Waals surface area (Å²) in [5.74, 6) is 0.814. The van der Waals surface area contributed by atoms with Crippen LogP contribution in [0, 0.1) is 23.7 Å². The predicted octanol–water partition coefficient (Wildman–Crippen LogP) is 6.25. The first-order valence-corrected chi connectivity index (χ1v) is 8.95. The maximum atomic E-state index is 11.1. The van der Waals surface area contributed by atoms with E-state index < -0.39 is 5.97 Å². The second kappa shape index (κ2) is 11.3. The topological polar surface area (TPSA) is 37.3 Å². The third-order valence-corrected chi connectivity index (χ3v) is 5.21. The first-order chi connectivity index (χ1) is 10.7. The highest BCUT2D eigenvalue weighted by molar-refractivity contribution is 5.69. The molecular formula is C21H36O2. The van der Waals surface area contributed by atoms with Gasteiger partial charge in [-0.15, -0.1) is 0 Å². The standard InChI is InChI=1S/C21H36O2/c1-8-15(3)14-19(7)18(6)11-10-16(4)17(5)12-13-20(9-2)21(22)23/h8,14,16-18,20H,1,7,9-13H2,2-6H3,(H,22,23). The zero-order valence-electron chi connectivity index (χ0n) is 15.8. The molecule has 0 heterocycles. The molecule has 0 spiro atoms. The van der Waals surface area contributed by atoms with Crippen molar-refractivity contribution < 1.29 is 9.90 Å². The van der Waals surface area contributed by atoms with E-state index in [1.54, 1.807) is 0 Å². The zero-order chi connectivity index (χ0) is 18.0. The molecule has 4 unspecified atom stereocenters. The van der Waals surface area contributed by atoms with E-state index in [1.165, 1.54) is 5.57 Å². The Balaban J connectivity index is 4.27. The lowest BCUT2D eigenvalue weighted by atomic mass is 9.83. The molecule has 0 amide bonds. The van der Waals surface area contributed by atoms with E-state index in [0.717, 1.165) is 37.7 Å². The molecule has 0 aliphatic rings. The molecule has 0 aliphatic heterocycles. The second-order valence-electron chi connectivity index (χ2n) is 7.12.